The van der Waals surface area contributed by atoms with E-state index in [1.54, 1.807) is 6.07 Å². The number of hydrogen-bond acceptors (Lipinski definition) is 5. The number of piperidine rings is 1. The van der Waals surface area contributed by atoms with Crippen LogP contribution in [-0.2, 0) is 11.3 Å². The Kier molecular flexibility index (Phi) is 6.51. The molecular formula is C22H22BrClN4O2. The van der Waals surface area contributed by atoms with Crippen LogP contribution in [0.15, 0.2) is 51.5 Å². The highest BCUT2D eigenvalue weighted by molar-refractivity contribution is 9.10. The number of benzene rings is 2. The number of aryl methyl sites for hydroxylation is 1. The highest BCUT2D eigenvalue weighted by Crippen LogP contribution is 2.26. The molecule has 3 aromatic rings. The molecule has 1 N–H and O–H groups in total. The number of amides is 1. The summed E-state index contributed by atoms with van der Waals surface area (Å²) in [5.41, 5.74) is 2.69. The van der Waals surface area contributed by atoms with Crippen molar-refractivity contribution < 1.29 is 9.32 Å². The van der Waals surface area contributed by atoms with Gasteiger partial charge in [0.2, 0.25) is 17.6 Å². The molecule has 1 aliphatic heterocycles. The van der Waals surface area contributed by atoms with Crippen LogP contribution in [0, 0.1) is 12.8 Å². The Morgan fingerprint density at radius 2 is 2.03 bits per heavy atom. The predicted octanol–water partition coefficient (Wildman–Crippen LogP) is 5.31. The average molecular weight is 490 g/mol. The van der Waals surface area contributed by atoms with Gasteiger partial charge in [0.15, 0.2) is 0 Å². The summed E-state index contributed by atoms with van der Waals surface area (Å²) >= 11 is 9.69. The molecule has 156 valence electrons. The molecule has 1 amide bonds. The van der Waals surface area contributed by atoms with Gasteiger partial charge in [0.1, 0.15) is 0 Å². The van der Waals surface area contributed by atoms with E-state index in [1.165, 1.54) is 0 Å². The largest absolute Gasteiger partial charge is 0.338 e. The Hall–Kier alpha value is -2.22. The summed E-state index contributed by atoms with van der Waals surface area (Å²) in [5.74, 6) is 1.13. The SMILES string of the molecule is Cc1cc(NC(=O)C2CCN(Cc3nc(-c4ccccc4Cl)no3)CC2)ccc1Br. The molecule has 0 saturated carbocycles. The van der Waals surface area contributed by atoms with E-state index in [0.717, 1.165) is 47.2 Å². The van der Waals surface area contributed by atoms with Gasteiger partial charge < -0.3 is 9.84 Å². The summed E-state index contributed by atoms with van der Waals surface area (Å²) < 4.78 is 6.44. The molecule has 1 fully saturated rings. The summed E-state index contributed by atoms with van der Waals surface area (Å²) in [7, 11) is 0. The number of rotatable bonds is 5. The summed E-state index contributed by atoms with van der Waals surface area (Å²) in [6, 6.07) is 13.3. The molecule has 8 heteroatoms. The van der Waals surface area contributed by atoms with Gasteiger partial charge >= 0.3 is 0 Å². The lowest BCUT2D eigenvalue weighted by Crippen LogP contribution is -2.37. The van der Waals surface area contributed by atoms with Crippen LogP contribution in [0.1, 0.15) is 24.3 Å². The number of likely N-dealkylation sites (tertiary alicyclic amines) is 1. The van der Waals surface area contributed by atoms with Gasteiger partial charge in [0.25, 0.3) is 0 Å². The van der Waals surface area contributed by atoms with Crippen molar-refractivity contribution in [3.05, 3.63) is 63.4 Å². The summed E-state index contributed by atoms with van der Waals surface area (Å²) in [5, 5.41) is 7.69. The lowest BCUT2D eigenvalue weighted by Gasteiger charge is -2.30. The monoisotopic (exact) mass is 488 g/mol. The fourth-order valence-corrected chi connectivity index (χ4v) is 4.05. The Bertz CT molecular complexity index is 1050. The number of carbonyl (C=O) groups is 1. The number of hydrogen-bond donors (Lipinski definition) is 1. The molecule has 0 radical (unpaired) electrons. The molecule has 1 aliphatic rings. The number of nitrogens with zero attached hydrogens (tertiary/aromatic N) is 3. The number of anilines is 1. The number of nitrogens with one attached hydrogen (secondary N) is 1. The summed E-state index contributed by atoms with van der Waals surface area (Å²) in [4.78, 5) is 19.3. The topological polar surface area (TPSA) is 71.3 Å². The summed E-state index contributed by atoms with van der Waals surface area (Å²) in [6.07, 6.45) is 1.60. The number of carbonyl (C=O) groups excluding carboxylic acids is 1. The van der Waals surface area contributed by atoms with Crippen molar-refractivity contribution in [2.45, 2.75) is 26.3 Å². The van der Waals surface area contributed by atoms with Crippen LogP contribution < -0.4 is 5.32 Å². The second kappa shape index (κ2) is 9.29. The Morgan fingerprint density at radius 1 is 1.27 bits per heavy atom. The predicted molar refractivity (Wildman–Crippen MR) is 120 cm³/mol. The van der Waals surface area contributed by atoms with Crippen molar-refractivity contribution in [1.82, 2.24) is 15.0 Å². The Labute approximate surface area is 188 Å². The molecule has 2 aromatic carbocycles. The zero-order chi connectivity index (χ0) is 21.1. The van der Waals surface area contributed by atoms with Gasteiger partial charge in [0.05, 0.1) is 11.6 Å². The van der Waals surface area contributed by atoms with Crippen LogP contribution in [0.3, 0.4) is 0 Å². The van der Waals surface area contributed by atoms with Crippen LogP contribution in [0.2, 0.25) is 5.02 Å². The Morgan fingerprint density at radius 3 is 2.77 bits per heavy atom. The van der Waals surface area contributed by atoms with Gasteiger partial charge in [0, 0.05) is 21.6 Å². The third kappa shape index (κ3) is 4.91. The van der Waals surface area contributed by atoms with Crippen LogP contribution in [0.4, 0.5) is 5.69 Å². The molecule has 30 heavy (non-hydrogen) atoms. The van der Waals surface area contributed by atoms with E-state index in [1.807, 2.05) is 43.3 Å². The standard InChI is InChI=1S/C22H22BrClN4O2/c1-14-12-16(6-7-18(14)23)25-22(29)15-8-10-28(11-9-15)13-20-26-21(27-30-20)17-4-2-3-5-19(17)24/h2-7,12,15H,8-11,13H2,1H3,(H,25,29). The molecule has 4 rings (SSSR count). The van der Waals surface area contributed by atoms with Crippen LogP contribution in [0.5, 0.6) is 0 Å². The lowest BCUT2D eigenvalue weighted by atomic mass is 9.96. The van der Waals surface area contributed by atoms with Gasteiger partial charge in [-0.3, -0.25) is 9.69 Å². The first kappa shape index (κ1) is 21.0. The molecule has 0 unspecified atom stereocenters. The quantitative estimate of drug-likeness (QED) is 0.526. The van der Waals surface area contributed by atoms with Crippen molar-refractivity contribution in [3.63, 3.8) is 0 Å². The zero-order valence-corrected chi connectivity index (χ0v) is 18.9. The second-order valence-electron chi connectivity index (χ2n) is 7.50. The van der Waals surface area contributed by atoms with Crippen LogP contribution >= 0.6 is 27.5 Å². The van der Waals surface area contributed by atoms with E-state index < -0.39 is 0 Å². The molecule has 0 spiro atoms. The fraction of sp³-hybridized carbons (Fsp3) is 0.318. The minimum Gasteiger partial charge on any atom is -0.338 e. The highest BCUT2D eigenvalue weighted by Gasteiger charge is 2.26. The smallest absolute Gasteiger partial charge is 0.241 e. The molecule has 0 bridgehead atoms. The van der Waals surface area contributed by atoms with Crippen molar-refractivity contribution in [3.8, 4) is 11.4 Å². The van der Waals surface area contributed by atoms with Crippen molar-refractivity contribution in [2.75, 3.05) is 18.4 Å². The van der Waals surface area contributed by atoms with Crippen molar-refractivity contribution >= 4 is 39.1 Å². The van der Waals surface area contributed by atoms with Crippen molar-refractivity contribution in [2.24, 2.45) is 5.92 Å². The lowest BCUT2D eigenvalue weighted by molar-refractivity contribution is -0.121. The van der Waals surface area contributed by atoms with Crippen molar-refractivity contribution in [1.29, 1.82) is 0 Å². The molecule has 1 saturated heterocycles. The fourth-order valence-electron chi connectivity index (χ4n) is 3.58. The van der Waals surface area contributed by atoms with Crippen LogP contribution in [0.25, 0.3) is 11.4 Å². The minimum absolute atomic E-state index is 0.00609. The zero-order valence-electron chi connectivity index (χ0n) is 16.6. The molecular weight excluding hydrogens is 468 g/mol. The second-order valence-corrected chi connectivity index (χ2v) is 8.76. The van der Waals surface area contributed by atoms with Gasteiger partial charge in [-0.1, -0.05) is 44.8 Å². The number of halogens is 2. The van der Waals surface area contributed by atoms with E-state index in [4.69, 9.17) is 16.1 Å². The van der Waals surface area contributed by atoms with Gasteiger partial charge in [-0.25, -0.2) is 0 Å². The van der Waals surface area contributed by atoms with E-state index in [0.29, 0.717) is 23.3 Å². The maximum atomic E-state index is 12.6. The van der Waals surface area contributed by atoms with E-state index in [9.17, 15) is 4.79 Å². The molecule has 1 aromatic heterocycles. The average Bonchev–Trinajstić information content (AvgIpc) is 3.20. The third-order valence-electron chi connectivity index (χ3n) is 5.33. The van der Waals surface area contributed by atoms with E-state index in [2.05, 4.69) is 36.3 Å². The van der Waals surface area contributed by atoms with Crippen LogP contribution in [-0.4, -0.2) is 34.0 Å². The molecule has 0 aliphatic carbocycles. The molecule has 6 nitrogen and oxygen atoms in total. The Balaban J connectivity index is 1.30. The van der Waals surface area contributed by atoms with Gasteiger partial charge in [-0.2, -0.15) is 4.98 Å². The molecule has 2 heterocycles. The first-order valence-corrected chi connectivity index (χ1v) is 11.0. The maximum absolute atomic E-state index is 12.6. The number of aromatic nitrogens is 2. The van der Waals surface area contributed by atoms with E-state index in [-0.39, 0.29) is 11.8 Å². The maximum Gasteiger partial charge on any atom is 0.241 e. The molecule has 0 atom stereocenters. The van der Waals surface area contributed by atoms with Gasteiger partial charge in [-0.05, 0) is 68.8 Å². The highest BCUT2D eigenvalue weighted by atomic mass is 79.9. The first-order valence-electron chi connectivity index (χ1n) is 9.86. The first-order chi connectivity index (χ1) is 14.5. The van der Waals surface area contributed by atoms with Gasteiger partial charge in [-0.15, -0.1) is 0 Å². The summed E-state index contributed by atoms with van der Waals surface area (Å²) in [6.45, 7) is 4.19. The minimum atomic E-state index is 0.00609. The van der Waals surface area contributed by atoms with E-state index >= 15 is 0 Å². The third-order valence-corrected chi connectivity index (χ3v) is 6.54. The normalized spacial score (nSPS) is 15.3.